The third-order valence-electron chi connectivity index (χ3n) is 7.00. The Labute approximate surface area is 162 Å². The number of carboxylic acids is 2. The average molecular weight is 379 g/mol. The molecule has 6 heteroatoms. The number of allylic oxidation sites excluding steroid dienone is 2. The molecule has 27 heavy (non-hydrogen) atoms. The molecule has 152 valence electrons. The normalized spacial score (nSPS) is 36.3. The van der Waals surface area contributed by atoms with Crippen LogP contribution in [0.4, 0.5) is 0 Å². The molecule has 4 rings (SSSR count). The second kappa shape index (κ2) is 9.20. The molecule has 1 aliphatic heterocycles. The van der Waals surface area contributed by atoms with Gasteiger partial charge in [-0.3, -0.25) is 4.90 Å². The van der Waals surface area contributed by atoms with Crippen LogP contribution in [0.25, 0.3) is 0 Å². The fourth-order valence-corrected chi connectivity index (χ4v) is 5.35. The van der Waals surface area contributed by atoms with Gasteiger partial charge in [0, 0.05) is 38.8 Å². The van der Waals surface area contributed by atoms with Crippen LogP contribution >= 0.6 is 0 Å². The number of aliphatic carboxylic acids is 2. The first-order chi connectivity index (χ1) is 12.9. The number of hydrogen-bond donors (Lipinski definition) is 2. The summed E-state index contributed by atoms with van der Waals surface area (Å²) in [6.45, 7) is 9.11. The molecule has 2 N–H and O–H groups in total. The van der Waals surface area contributed by atoms with Crippen molar-refractivity contribution >= 4 is 11.9 Å². The van der Waals surface area contributed by atoms with Crippen molar-refractivity contribution in [3.63, 3.8) is 0 Å². The highest BCUT2D eigenvalue weighted by Crippen LogP contribution is 2.43. The van der Waals surface area contributed by atoms with Crippen LogP contribution in [0.5, 0.6) is 0 Å². The molecule has 1 heterocycles. The summed E-state index contributed by atoms with van der Waals surface area (Å²) in [7, 11) is 0. The maximum absolute atomic E-state index is 9.10. The first kappa shape index (κ1) is 20.3. The van der Waals surface area contributed by atoms with Crippen molar-refractivity contribution in [1.29, 1.82) is 0 Å². The van der Waals surface area contributed by atoms with E-state index < -0.39 is 11.9 Å². The highest BCUT2D eigenvalue weighted by Gasteiger charge is 2.37. The van der Waals surface area contributed by atoms with Gasteiger partial charge in [-0.2, -0.15) is 0 Å². The Bertz CT molecular complexity index is 536. The van der Waals surface area contributed by atoms with Gasteiger partial charge in [-0.1, -0.05) is 19.1 Å². The van der Waals surface area contributed by atoms with Crippen LogP contribution in [0.1, 0.15) is 45.4 Å². The summed E-state index contributed by atoms with van der Waals surface area (Å²) in [6, 6.07) is 0.911. The maximum atomic E-state index is 9.10. The lowest BCUT2D eigenvalue weighted by Gasteiger charge is -2.42. The summed E-state index contributed by atoms with van der Waals surface area (Å²) < 4.78 is 0. The lowest BCUT2D eigenvalue weighted by Crippen LogP contribution is -2.52. The largest absolute Gasteiger partial charge is 0.473 e. The van der Waals surface area contributed by atoms with Crippen molar-refractivity contribution < 1.29 is 19.8 Å². The second-order valence-corrected chi connectivity index (χ2v) is 8.90. The fourth-order valence-electron chi connectivity index (χ4n) is 5.35. The Kier molecular flexibility index (Phi) is 6.93. The molecule has 3 atom stereocenters. The summed E-state index contributed by atoms with van der Waals surface area (Å²) in [6.07, 6.45) is 13.8. The van der Waals surface area contributed by atoms with E-state index in [2.05, 4.69) is 28.9 Å². The van der Waals surface area contributed by atoms with Crippen molar-refractivity contribution in [2.24, 2.45) is 23.7 Å². The predicted octanol–water partition coefficient (Wildman–Crippen LogP) is 2.55. The Morgan fingerprint density at radius 3 is 2.04 bits per heavy atom. The molecule has 3 fully saturated rings. The minimum Gasteiger partial charge on any atom is -0.473 e. The molecule has 4 aliphatic rings. The van der Waals surface area contributed by atoms with E-state index in [0.717, 1.165) is 29.7 Å². The summed E-state index contributed by atoms with van der Waals surface area (Å²) >= 11 is 0. The van der Waals surface area contributed by atoms with Gasteiger partial charge < -0.3 is 15.1 Å². The van der Waals surface area contributed by atoms with E-state index in [-0.39, 0.29) is 0 Å². The van der Waals surface area contributed by atoms with E-state index >= 15 is 0 Å². The average Bonchev–Trinajstić information content (AvgIpc) is 3.27. The second-order valence-electron chi connectivity index (χ2n) is 8.90. The highest BCUT2D eigenvalue weighted by atomic mass is 16.4. The van der Waals surface area contributed by atoms with E-state index in [1.807, 2.05) is 0 Å². The highest BCUT2D eigenvalue weighted by molar-refractivity contribution is 6.27. The van der Waals surface area contributed by atoms with Crippen molar-refractivity contribution in [2.45, 2.75) is 51.5 Å². The van der Waals surface area contributed by atoms with Gasteiger partial charge >= 0.3 is 11.9 Å². The quantitative estimate of drug-likeness (QED) is 0.580. The van der Waals surface area contributed by atoms with Gasteiger partial charge in [0.25, 0.3) is 0 Å². The Hall–Kier alpha value is -1.40. The Balaban J connectivity index is 0.000000307. The van der Waals surface area contributed by atoms with Gasteiger partial charge in [0.15, 0.2) is 0 Å². The number of fused-ring (bicyclic) bond motifs is 2. The minimum absolute atomic E-state index is 0.911. The molecular formula is C21H34N2O4. The third kappa shape index (κ3) is 5.55. The van der Waals surface area contributed by atoms with Crippen LogP contribution in [-0.4, -0.2) is 70.7 Å². The van der Waals surface area contributed by atoms with Gasteiger partial charge in [-0.15, -0.1) is 0 Å². The molecule has 3 aliphatic carbocycles. The topological polar surface area (TPSA) is 81.1 Å². The molecule has 2 saturated carbocycles. The van der Waals surface area contributed by atoms with Crippen molar-refractivity contribution in [3.8, 4) is 0 Å². The van der Waals surface area contributed by atoms with Crippen LogP contribution in [-0.2, 0) is 9.59 Å². The van der Waals surface area contributed by atoms with Gasteiger partial charge in [0.1, 0.15) is 0 Å². The molecule has 0 aromatic rings. The molecule has 0 spiro atoms. The zero-order valence-corrected chi connectivity index (χ0v) is 16.4. The summed E-state index contributed by atoms with van der Waals surface area (Å²) in [5, 5.41) is 14.8. The van der Waals surface area contributed by atoms with Crippen LogP contribution in [0.3, 0.4) is 0 Å². The number of carboxylic acid groups (broad SMARTS) is 2. The molecule has 2 bridgehead atoms. The summed E-state index contributed by atoms with van der Waals surface area (Å²) in [5.74, 6) is 0.166. The van der Waals surface area contributed by atoms with E-state index in [0.29, 0.717) is 0 Å². The standard InChI is InChI=1S/C19H32N2.C2H2O4/c1-15-2-6-19(7-3-15)21-10-8-20(9-11-21)14-18-13-16-4-5-17(18)12-16;3-1(4)2(5)6/h4-5,15-19H,2-3,6-14H2,1H3;(H,3,4)(H,5,6). The van der Waals surface area contributed by atoms with E-state index in [1.54, 1.807) is 0 Å². The fraction of sp³-hybridized carbons (Fsp3) is 0.810. The molecule has 0 amide bonds. The molecule has 1 saturated heterocycles. The van der Waals surface area contributed by atoms with Crippen molar-refractivity contribution in [3.05, 3.63) is 12.2 Å². The molecule has 0 aromatic heterocycles. The van der Waals surface area contributed by atoms with Gasteiger partial charge in [0.2, 0.25) is 0 Å². The van der Waals surface area contributed by atoms with Crippen LogP contribution < -0.4 is 0 Å². The van der Waals surface area contributed by atoms with Gasteiger partial charge in [0.05, 0.1) is 0 Å². The zero-order valence-electron chi connectivity index (χ0n) is 16.4. The van der Waals surface area contributed by atoms with E-state index in [9.17, 15) is 0 Å². The molecular weight excluding hydrogens is 344 g/mol. The monoisotopic (exact) mass is 378 g/mol. The lowest BCUT2D eigenvalue weighted by atomic mass is 9.86. The number of hydrogen-bond acceptors (Lipinski definition) is 4. The number of piperazine rings is 1. The Morgan fingerprint density at radius 2 is 1.56 bits per heavy atom. The summed E-state index contributed by atoms with van der Waals surface area (Å²) in [5.41, 5.74) is 0. The molecule has 0 radical (unpaired) electrons. The van der Waals surface area contributed by atoms with Crippen molar-refractivity contribution in [2.75, 3.05) is 32.7 Å². The van der Waals surface area contributed by atoms with Crippen LogP contribution in [0, 0.1) is 23.7 Å². The maximum Gasteiger partial charge on any atom is 0.414 e. The molecule has 0 aromatic carbocycles. The molecule has 6 nitrogen and oxygen atoms in total. The van der Waals surface area contributed by atoms with E-state index in [1.165, 1.54) is 71.2 Å². The number of rotatable bonds is 3. The van der Waals surface area contributed by atoms with Gasteiger partial charge in [-0.05, 0) is 62.2 Å². The van der Waals surface area contributed by atoms with Crippen LogP contribution in [0.15, 0.2) is 12.2 Å². The van der Waals surface area contributed by atoms with Crippen molar-refractivity contribution in [1.82, 2.24) is 9.80 Å². The number of nitrogens with zero attached hydrogens (tertiary/aromatic N) is 2. The Morgan fingerprint density at radius 1 is 0.926 bits per heavy atom. The third-order valence-corrected chi connectivity index (χ3v) is 7.00. The zero-order chi connectivity index (χ0) is 19.4. The summed E-state index contributed by atoms with van der Waals surface area (Å²) in [4.78, 5) is 23.8. The first-order valence-corrected chi connectivity index (χ1v) is 10.5. The predicted molar refractivity (Wildman–Crippen MR) is 104 cm³/mol. The van der Waals surface area contributed by atoms with Crippen LogP contribution in [0.2, 0.25) is 0 Å². The van der Waals surface area contributed by atoms with Gasteiger partial charge in [-0.25, -0.2) is 9.59 Å². The first-order valence-electron chi connectivity index (χ1n) is 10.5. The minimum atomic E-state index is -1.82. The van der Waals surface area contributed by atoms with E-state index in [4.69, 9.17) is 19.8 Å². The smallest absolute Gasteiger partial charge is 0.414 e. The SMILES string of the molecule is CC1CCC(N2CCN(CC3CC4C=CC3C4)CC2)CC1.O=C(O)C(=O)O. The number of carbonyl (C=O) groups is 2. The molecule has 3 unspecified atom stereocenters. The lowest BCUT2D eigenvalue weighted by molar-refractivity contribution is -0.159.